The Labute approximate surface area is 262 Å². The molecular formula is C32H38BrN3O6S. The van der Waals surface area contributed by atoms with E-state index in [2.05, 4.69) is 26.0 Å². The average molecular weight is 673 g/mol. The van der Waals surface area contributed by atoms with Gasteiger partial charge in [0.05, 0.1) is 10.6 Å². The van der Waals surface area contributed by atoms with Crippen LogP contribution in [0.1, 0.15) is 56.8 Å². The van der Waals surface area contributed by atoms with Crippen LogP contribution in [-0.4, -0.2) is 50.6 Å². The van der Waals surface area contributed by atoms with E-state index in [0.29, 0.717) is 48.3 Å². The van der Waals surface area contributed by atoms with Crippen LogP contribution in [0.3, 0.4) is 0 Å². The van der Waals surface area contributed by atoms with Crippen molar-refractivity contribution in [3.05, 3.63) is 82.8 Å². The summed E-state index contributed by atoms with van der Waals surface area (Å²) in [5.41, 5.74) is 0.173. The second-order valence-electron chi connectivity index (χ2n) is 11.5. The molecule has 43 heavy (non-hydrogen) atoms. The Morgan fingerprint density at radius 3 is 2.26 bits per heavy atom. The van der Waals surface area contributed by atoms with E-state index in [4.69, 9.17) is 9.47 Å². The first kappa shape index (κ1) is 32.3. The second kappa shape index (κ2) is 14.3. The number of ether oxygens (including phenoxy) is 2. The Balaban J connectivity index is 1.24. The molecule has 0 spiro atoms. The first-order valence-corrected chi connectivity index (χ1v) is 16.6. The van der Waals surface area contributed by atoms with Crippen LogP contribution in [-0.2, 0) is 14.8 Å². The normalized spacial score (nSPS) is 14.2. The lowest BCUT2D eigenvalue weighted by atomic mass is 9.92. The summed E-state index contributed by atoms with van der Waals surface area (Å²) in [6, 6.07) is 19.8. The lowest BCUT2D eigenvalue weighted by molar-refractivity contribution is 0.0180. The standard InChI is InChI=1S/C32H38BrN3O6S/c1-32(2,3)42-31(38)36-21-18-23(19-22-36)7-6-20-34-30(37)24-10-16-27(17-11-24)43(39,40)35-28-8-4-5-9-29(28)41-26-14-12-25(33)13-15-26/h4-5,8-17,23,35H,6-7,18-22H2,1-3H3,(H,34,37). The number of benzene rings is 3. The molecule has 0 unspecified atom stereocenters. The van der Waals surface area contributed by atoms with Gasteiger partial charge in [-0.05, 0) is 113 Å². The number of piperidine rings is 1. The van der Waals surface area contributed by atoms with E-state index in [-0.39, 0.29) is 16.9 Å². The summed E-state index contributed by atoms with van der Waals surface area (Å²) in [7, 11) is -3.93. The fourth-order valence-corrected chi connectivity index (χ4v) is 6.02. The maximum Gasteiger partial charge on any atom is 0.410 e. The molecule has 230 valence electrons. The maximum atomic E-state index is 13.1. The largest absolute Gasteiger partial charge is 0.455 e. The molecule has 11 heteroatoms. The van der Waals surface area contributed by atoms with Crippen molar-refractivity contribution < 1.29 is 27.5 Å². The molecule has 9 nitrogen and oxygen atoms in total. The van der Waals surface area contributed by atoms with Gasteiger partial charge in [-0.2, -0.15) is 0 Å². The van der Waals surface area contributed by atoms with Gasteiger partial charge in [-0.15, -0.1) is 0 Å². The first-order chi connectivity index (χ1) is 20.4. The Morgan fingerprint density at radius 2 is 1.60 bits per heavy atom. The third-order valence-electron chi connectivity index (χ3n) is 6.94. The van der Waals surface area contributed by atoms with Crippen LogP contribution < -0.4 is 14.8 Å². The van der Waals surface area contributed by atoms with Gasteiger partial charge >= 0.3 is 6.09 Å². The molecule has 0 saturated carbocycles. The fraction of sp³-hybridized carbons (Fsp3) is 0.375. The molecule has 3 aromatic carbocycles. The number of likely N-dealkylation sites (tertiary alicyclic amines) is 1. The van der Waals surface area contributed by atoms with Crippen molar-refractivity contribution in [3.8, 4) is 11.5 Å². The van der Waals surface area contributed by atoms with Crippen LogP contribution >= 0.6 is 15.9 Å². The molecule has 3 aromatic rings. The minimum absolute atomic E-state index is 0.0280. The second-order valence-corrected chi connectivity index (χ2v) is 14.1. The van der Waals surface area contributed by atoms with Crippen LogP contribution in [0.2, 0.25) is 0 Å². The van der Waals surface area contributed by atoms with Gasteiger partial charge in [-0.25, -0.2) is 13.2 Å². The molecule has 0 bridgehead atoms. The molecule has 1 saturated heterocycles. The summed E-state index contributed by atoms with van der Waals surface area (Å²) in [5, 5.41) is 2.92. The highest BCUT2D eigenvalue weighted by Gasteiger charge is 2.26. The molecule has 0 radical (unpaired) electrons. The number of halogens is 1. The van der Waals surface area contributed by atoms with E-state index in [0.717, 1.165) is 30.2 Å². The highest BCUT2D eigenvalue weighted by Crippen LogP contribution is 2.31. The summed E-state index contributed by atoms with van der Waals surface area (Å²) in [6.07, 6.45) is 3.35. The van der Waals surface area contributed by atoms with Gasteiger partial charge in [-0.3, -0.25) is 9.52 Å². The lowest BCUT2D eigenvalue weighted by Gasteiger charge is -2.33. The zero-order chi connectivity index (χ0) is 31.0. The Bertz CT molecular complexity index is 1500. The molecule has 0 atom stereocenters. The van der Waals surface area contributed by atoms with Crippen LogP contribution in [0, 0.1) is 5.92 Å². The van der Waals surface area contributed by atoms with Gasteiger partial charge in [-0.1, -0.05) is 28.1 Å². The minimum Gasteiger partial charge on any atom is -0.455 e. The van der Waals surface area contributed by atoms with E-state index in [1.165, 1.54) is 24.3 Å². The highest BCUT2D eigenvalue weighted by molar-refractivity contribution is 9.10. The third kappa shape index (κ3) is 9.72. The molecule has 1 heterocycles. The smallest absolute Gasteiger partial charge is 0.410 e. The van der Waals surface area contributed by atoms with E-state index in [9.17, 15) is 18.0 Å². The minimum atomic E-state index is -3.93. The van der Waals surface area contributed by atoms with Crippen molar-refractivity contribution in [1.29, 1.82) is 0 Å². The highest BCUT2D eigenvalue weighted by atomic mass is 79.9. The molecule has 0 aliphatic carbocycles. The van der Waals surface area contributed by atoms with Crippen molar-refractivity contribution in [2.45, 2.75) is 57.0 Å². The number of nitrogens with zero attached hydrogens (tertiary/aromatic N) is 1. The predicted molar refractivity (Wildman–Crippen MR) is 170 cm³/mol. The number of para-hydroxylation sites is 2. The Morgan fingerprint density at radius 1 is 0.953 bits per heavy atom. The van der Waals surface area contributed by atoms with Crippen molar-refractivity contribution in [2.24, 2.45) is 5.92 Å². The van der Waals surface area contributed by atoms with Crippen molar-refractivity contribution in [3.63, 3.8) is 0 Å². The number of carbonyl (C=O) groups is 2. The summed E-state index contributed by atoms with van der Waals surface area (Å²) < 4.78 is 41.1. The van der Waals surface area contributed by atoms with Crippen molar-refractivity contribution >= 4 is 43.6 Å². The number of hydrogen-bond acceptors (Lipinski definition) is 6. The molecular weight excluding hydrogens is 634 g/mol. The molecule has 2 N–H and O–H groups in total. The summed E-state index contributed by atoms with van der Waals surface area (Å²) in [5.74, 6) is 1.16. The third-order valence-corrected chi connectivity index (χ3v) is 8.85. The molecule has 1 aliphatic heterocycles. The molecule has 1 aliphatic rings. The SMILES string of the molecule is CC(C)(C)OC(=O)N1CCC(CCCNC(=O)c2ccc(S(=O)(=O)Nc3ccccc3Oc3ccc(Br)cc3)cc2)CC1. The number of carbonyl (C=O) groups excluding carboxylic acids is 2. The van der Waals surface area contributed by atoms with Gasteiger partial charge < -0.3 is 19.7 Å². The maximum absolute atomic E-state index is 13.1. The van der Waals surface area contributed by atoms with Gasteiger partial charge in [0, 0.05) is 29.7 Å². The van der Waals surface area contributed by atoms with Crippen molar-refractivity contribution in [1.82, 2.24) is 10.2 Å². The lowest BCUT2D eigenvalue weighted by Crippen LogP contribution is -2.41. The number of rotatable bonds is 10. The fourth-order valence-electron chi connectivity index (χ4n) is 4.68. The van der Waals surface area contributed by atoms with E-state index >= 15 is 0 Å². The quantitative estimate of drug-likeness (QED) is 0.220. The summed E-state index contributed by atoms with van der Waals surface area (Å²) >= 11 is 3.38. The number of nitrogens with one attached hydrogen (secondary N) is 2. The zero-order valence-corrected chi connectivity index (χ0v) is 27.0. The van der Waals surface area contributed by atoms with E-state index in [1.54, 1.807) is 41.3 Å². The average Bonchev–Trinajstić information content (AvgIpc) is 2.97. The van der Waals surface area contributed by atoms with Gasteiger partial charge in [0.15, 0.2) is 5.75 Å². The Kier molecular flexibility index (Phi) is 10.7. The monoisotopic (exact) mass is 671 g/mol. The first-order valence-electron chi connectivity index (χ1n) is 14.3. The zero-order valence-electron chi connectivity index (χ0n) is 24.6. The summed E-state index contributed by atoms with van der Waals surface area (Å²) in [4.78, 5) is 26.7. The number of sulfonamides is 1. The molecule has 0 aromatic heterocycles. The van der Waals surface area contributed by atoms with Crippen LogP contribution in [0.15, 0.2) is 82.2 Å². The Hall–Kier alpha value is -3.57. The topological polar surface area (TPSA) is 114 Å². The van der Waals surface area contributed by atoms with Crippen LogP contribution in [0.5, 0.6) is 11.5 Å². The van der Waals surface area contributed by atoms with E-state index in [1.807, 2.05) is 32.9 Å². The van der Waals surface area contributed by atoms with Gasteiger partial charge in [0.1, 0.15) is 11.4 Å². The van der Waals surface area contributed by atoms with Gasteiger partial charge in [0.2, 0.25) is 0 Å². The molecule has 1 fully saturated rings. The number of amides is 2. The number of anilines is 1. The summed E-state index contributed by atoms with van der Waals surface area (Å²) in [6.45, 7) is 7.47. The van der Waals surface area contributed by atoms with E-state index < -0.39 is 15.6 Å². The predicted octanol–water partition coefficient (Wildman–Crippen LogP) is 7.20. The number of hydrogen-bond donors (Lipinski definition) is 2. The van der Waals surface area contributed by atoms with Crippen molar-refractivity contribution in [2.75, 3.05) is 24.4 Å². The van der Waals surface area contributed by atoms with Crippen LogP contribution in [0.4, 0.5) is 10.5 Å². The molecule has 4 rings (SSSR count). The van der Waals surface area contributed by atoms with Gasteiger partial charge in [0.25, 0.3) is 15.9 Å². The molecule has 2 amide bonds. The van der Waals surface area contributed by atoms with Crippen LogP contribution in [0.25, 0.3) is 0 Å².